The summed E-state index contributed by atoms with van der Waals surface area (Å²) in [6.45, 7) is 12.6. The average molecular weight is 496 g/mol. The van der Waals surface area contributed by atoms with Gasteiger partial charge < -0.3 is 19.3 Å². The normalized spacial score (nSPS) is 12.8. The summed E-state index contributed by atoms with van der Waals surface area (Å²) >= 11 is 0. The van der Waals surface area contributed by atoms with Gasteiger partial charge in [-0.25, -0.2) is 4.68 Å². The van der Waals surface area contributed by atoms with Gasteiger partial charge in [0.1, 0.15) is 5.75 Å². The lowest BCUT2D eigenvalue weighted by atomic mass is 10.1. The van der Waals surface area contributed by atoms with Crippen molar-refractivity contribution in [1.82, 2.24) is 14.7 Å². The van der Waals surface area contributed by atoms with Gasteiger partial charge in [0.2, 0.25) is 5.88 Å². The summed E-state index contributed by atoms with van der Waals surface area (Å²) in [6, 6.07) is 18.0. The Morgan fingerprint density at radius 1 is 1.06 bits per heavy atom. The molecule has 0 radical (unpaired) electrons. The highest BCUT2D eigenvalue weighted by Crippen LogP contribution is 2.32. The molecule has 0 aliphatic rings. The van der Waals surface area contributed by atoms with Crippen LogP contribution < -0.4 is 4.74 Å². The van der Waals surface area contributed by atoms with Crippen molar-refractivity contribution in [2.24, 2.45) is 0 Å². The van der Waals surface area contributed by atoms with Crippen LogP contribution in [0.4, 0.5) is 0 Å². The van der Waals surface area contributed by atoms with Crippen LogP contribution in [0.5, 0.6) is 11.6 Å². The Kier molecular flexibility index (Phi) is 10.1. The lowest BCUT2D eigenvalue weighted by Gasteiger charge is -2.27. The number of rotatable bonds is 13. The second kappa shape index (κ2) is 13.0. The van der Waals surface area contributed by atoms with Crippen molar-refractivity contribution in [1.29, 1.82) is 0 Å². The Morgan fingerprint density at radius 3 is 2.36 bits per heavy atom. The van der Waals surface area contributed by atoms with E-state index in [1.54, 1.807) is 7.11 Å². The van der Waals surface area contributed by atoms with E-state index in [0.29, 0.717) is 32.1 Å². The number of hydrogen-bond acceptors (Lipinski definition) is 6. The Hall–Kier alpha value is -2.71. The molecule has 0 bridgehead atoms. The molecule has 7 nitrogen and oxygen atoms in total. The predicted molar refractivity (Wildman–Crippen MR) is 143 cm³/mol. The number of aliphatic hydroxyl groups is 1. The van der Waals surface area contributed by atoms with Crippen molar-refractivity contribution in [3.8, 4) is 17.3 Å². The highest BCUT2D eigenvalue weighted by atomic mass is 16.5. The summed E-state index contributed by atoms with van der Waals surface area (Å²) in [5.74, 6) is 1.44. The third kappa shape index (κ3) is 8.17. The summed E-state index contributed by atoms with van der Waals surface area (Å²) in [6.07, 6.45) is 0.129. The van der Waals surface area contributed by atoms with Crippen LogP contribution in [-0.2, 0) is 22.4 Å². The van der Waals surface area contributed by atoms with E-state index in [2.05, 4.69) is 18.7 Å². The van der Waals surface area contributed by atoms with Gasteiger partial charge in [-0.15, -0.1) is 0 Å². The minimum absolute atomic E-state index is 0.267. The van der Waals surface area contributed by atoms with Crippen LogP contribution in [0.25, 0.3) is 5.69 Å². The first-order valence-electron chi connectivity index (χ1n) is 12.6. The van der Waals surface area contributed by atoms with Gasteiger partial charge in [-0.05, 0) is 58.4 Å². The standard InChI is InChI=1S/C29H41N3O4/c1-7-27-26(20-31(17-18-34-6)19-24(33)21-35-29(3,4)5)28(36-25-15-13-22(2)14-16-25)32(30-27)23-11-9-8-10-12-23/h8-16,24,33H,7,17-21H2,1-6H3/t24-/m0/s1. The number of aliphatic hydroxyl groups excluding tert-OH is 1. The number of hydrogen-bond donors (Lipinski definition) is 1. The summed E-state index contributed by atoms with van der Waals surface area (Å²) in [4.78, 5) is 2.17. The third-order valence-corrected chi connectivity index (χ3v) is 5.76. The fourth-order valence-corrected chi connectivity index (χ4v) is 3.86. The number of methoxy groups -OCH3 is 1. The molecular weight excluding hydrogens is 454 g/mol. The van der Waals surface area contributed by atoms with E-state index in [4.69, 9.17) is 19.3 Å². The average Bonchev–Trinajstić information content (AvgIpc) is 3.19. The van der Waals surface area contributed by atoms with Gasteiger partial charge in [0.05, 0.1) is 41.9 Å². The van der Waals surface area contributed by atoms with Crippen molar-refractivity contribution in [3.05, 3.63) is 71.4 Å². The Labute approximate surface area is 215 Å². The number of nitrogens with zero attached hydrogens (tertiary/aromatic N) is 3. The van der Waals surface area contributed by atoms with Crippen molar-refractivity contribution in [3.63, 3.8) is 0 Å². The molecule has 196 valence electrons. The molecule has 0 saturated heterocycles. The molecule has 7 heteroatoms. The van der Waals surface area contributed by atoms with Gasteiger partial charge in [-0.2, -0.15) is 5.10 Å². The fourth-order valence-electron chi connectivity index (χ4n) is 3.86. The molecule has 0 amide bonds. The van der Waals surface area contributed by atoms with Gasteiger partial charge in [-0.3, -0.25) is 4.90 Å². The molecule has 1 N–H and O–H groups in total. The van der Waals surface area contributed by atoms with Gasteiger partial charge in [-0.1, -0.05) is 42.8 Å². The van der Waals surface area contributed by atoms with Crippen LogP contribution in [0.2, 0.25) is 0 Å². The van der Waals surface area contributed by atoms with Gasteiger partial charge in [0, 0.05) is 26.7 Å². The number of benzene rings is 2. The maximum absolute atomic E-state index is 10.7. The Bertz CT molecular complexity index is 1060. The molecule has 1 aromatic heterocycles. The fraction of sp³-hybridized carbons (Fsp3) is 0.483. The van der Waals surface area contributed by atoms with E-state index in [9.17, 15) is 5.11 Å². The first-order chi connectivity index (χ1) is 17.2. The quantitative estimate of drug-likeness (QED) is 0.353. The lowest BCUT2D eigenvalue weighted by Crippen LogP contribution is -2.38. The molecule has 36 heavy (non-hydrogen) atoms. The summed E-state index contributed by atoms with van der Waals surface area (Å²) < 4.78 is 19.6. The minimum Gasteiger partial charge on any atom is -0.439 e. The second-order valence-electron chi connectivity index (χ2n) is 10.1. The smallest absolute Gasteiger partial charge is 0.227 e. The molecule has 0 spiro atoms. The first-order valence-corrected chi connectivity index (χ1v) is 12.6. The number of aryl methyl sites for hydroxylation is 2. The molecule has 0 aliphatic carbocycles. The zero-order valence-electron chi connectivity index (χ0n) is 22.5. The minimum atomic E-state index is -0.628. The topological polar surface area (TPSA) is 69.0 Å². The number of para-hydroxylation sites is 1. The molecule has 3 aromatic rings. The molecule has 1 atom stereocenters. The number of aromatic nitrogens is 2. The predicted octanol–water partition coefficient (Wildman–Crippen LogP) is 5.16. The van der Waals surface area contributed by atoms with Crippen LogP contribution in [0, 0.1) is 6.92 Å². The van der Waals surface area contributed by atoms with Crippen molar-refractivity contribution < 1.29 is 19.3 Å². The third-order valence-electron chi connectivity index (χ3n) is 5.76. The monoisotopic (exact) mass is 495 g/mol. The lowest BCUT2D eigenvalue weighted by molar-refractivity contribution is -0.0577. The van der Waals surface area contributed by atoms with E-state index < -0.39 is 6.10 Å². The van der Waals surface area contributed by atoms with Crippen LogP contribution in [0.3, 0.4) is 0 Å². The second-order valence-corrected chi connectivity index (χ2v) is 10.1. The first kappa shape index (κ1) is 27.9. The molecule has 2 aromatic carbocycles. The summed E-state index contributed by atoms with van der Waals surface area (Å²) in [5.41, 5.74) is 3.76. The molecule has 3 rings (SSSR count). The summed E-state index contributed by atoms with van der Waals surface area (Å²) in [5, 5.41) is 15.7. The molecule has 0 unspecified atom stereocenters. The van der Waals surface area contributed by atoms with Gasteiger partial charge in [0.15, 0.2) is 0 Å². The highest BCUT2D eigenvalue weighted by molar-refractivity contribution is 5.44. The van der Waals surface area contributed by atoms with Crippen LogP contribution in [-0.4, -0.2) is 64.9 Å². The molecule has 0 saturated carbocycles. The van der Waals surface area contributed by atoms with Crippen LogP contribution in [0.1, 0.15) is 44.5 Å². The zero-order valence-corrected chi connectivity index (χ0v) is 22.5. The van der Waals surface area contributed by atoms with Gasteiger partial charge in [0.25, 0.3) is 0 Å². The Morgan fingerprint density at radius 2 is 1.75 bits per heavy atom. The van der Waals surface area contributed by atoms with Crippen molar-refractivity contribution >= 4 is 0 Å². The largest absolute Gasteiger partial charge is 0.439 e. The Balaban J connectivity index is 1.95. The summed E-state index contributed by atoms with van der Waals surface area (Å²) in [7, 11) is 1.69. The van der Waals surface area contributed by atoms with Crippen LogP contribution in [0.15, 0.2) is 54.6 Å². The highest BCUT2D eigenvalue weighted by Gasteiger charge is 2.24. The van der Waals surface area contributed by atoms with E-state index in [1.807, 2.05) is 80.1 Å². The van der Waals surface area contributed by atoms with Gasteiger partial charge >= 0.3 is 0 Å². The number of ether oxygens (including phenoxy) is 3. The van der Waals surface area contributed by atoms with E-state index >= 15 is 0 Å². The molecule has 1 heterocycles. The van der Waals surface area contributed by atoms with E-state index in [1.165, 1.54) is 5.56 Å². The van der Waals surface area contributed by atoms with Crippen molar-refractivity contribution in [2.75, 3.05) is 33.4 Å². The van der Waals surface area contributed by atoms with E-state index in [-0.39, 0.29) is 12.2 Å². The van der Waals surface area contributed by atoms with E-state index in [0.717, 1.165) is 29.1 Å². The SMILES string of the molecule is CCc1nn(-c2ccccc2)c(Oc2ccc(C)cc2)c1CN(CCOC)C[C@H](O)COC(C)(C)C. The van der Waals surface area contributed by atoms with Crippen molar-refractivity contribution in [2.45, 2.75) is 59.3 Å². The molecule has 0 fully saturated rings. The zero-order chi connectivity index (χ0) is 26.1. The van der Waals surface area contributed by atoms with Crippen LogP contribution >= 0.6 is 0 Å². The molecular formula is C29H41N3O4. The maximum atomic E-state index is 10.7. The molecule has 0 aliphatic heterocycles. The maximum Gasteiger partial charge on any atom is 0.227 e.